The summed E-state index contributed by atoms with van der Waals surface area (Å²) >= 11 is 0. The highest BCUT2D eigenvalue weighted by Crippen LogP contribution is 2.21. The average Bonchev–Trinajstić information content (AvgIpc) is 2.47. The Morgan fingerprint density at radius 3 is 2.53 bits per heavy atom. The van der Waals surface area contributed by atoms with E-state index in [0.717, 1.165) is 17.9 Å². The van der Waals surface area contributed by atoms with Gasteiger partial charge in [-0.1, -0.05) is 6.92 Å². The van der Waals surface area contributed by atoms with E-state index in [1.165, 1.54) is 0 Å². The summed E-state index contributed by atoms with van der Waals surface area (Å²) in [4.78, 5) is 8.20. The molecule has 0 saturated heterocycles. The SMILES string of the molecule is CCCOc1ccc(Oc2nccc(CN)n2)cc1. The summed E-state index contributed by atoms with van der Waals surface area (Å²) in [5.41, 5.74) is 6.26. The third kappa shape index (κ3) is 3.93. The van der Waals surface area contributed by atoms with Crippen LogP contribution in [0.15, 0.2) is 36.5 Å². The molecule has 0 aliphatic carbocycles. The Labute approximate surface area is 112 Å². The molecule has 2 N–H and O–H groups in total. The number of hydrogen-bond acceptors (Lipinski definition) is 5. The lowest BCUT2D eigenvalue weighted by Crippen LogP contribution is -2.01. The molecule has 0 atom stereocenters. The Kier molecular flexibility index (Phi) is 4.69. The monoisotopic (exact) mass is 259 g/mol. The van der Waals surface area contributed by atoms with Crippen LogP contribution in [0, 0.1) is 0 Å². The van der Waals surface area contributed by atoms with Gasteiger partial charge in [0.2, 0.25) is 0 Å². The van der Waals surface area contributed by atoms with Gasteiger partial charge in [0.25, 0.3) is 0 Å². The number of aromatic nitrogens is 2. The highest BCUT2D eigenvalue weighted by Gasteiger charge is 2.02. The summed E-state index contributed by atoms with van der Waals surface area (Å²) in [5.74, 6) is 1.49. The van der Waals surface area contributed by atoms with Crippen molar-refractivity contribution >= 4 is 0 Å². The van der Waals surface area contributed by atoms with E-state index >= 15 is 0 Å². The largest absolute Gasteiger partial charge is 0.494 e. The van der Waals surface area contributed by atoms with Crippen LogP contribution in [0.25, 0.3) is 0 Å². The van der Waals surface area contributed by atoms with E-state index < -0.39 is 0 Å². The summed E-state index contributed by atoms with van der Waals surface area (Å²) in [6.45, 7) is 3.14. The molecule has 0 amide bonds. The van der Waals surface area contributed by atoms with E-state index in [2.05, 4.69) is 16.9 Å². The maximum Gasteiger partial charge on any atom is 0.322 e. The molecule has 5 heteroatoms. The first-order valence-electron chi connectivity index (χ1n) is 6.24. The molecular formula is C14H17N3O2. The molecule has 2 rings (SSSR count). The highest BCUT2D eigenvalue weighted by molar-refractivity contribution is 5.32. The van der Waals surface area contributed by atoms with Crippen molar-refractivity contribution in [3.8, 4) is 17.5 Å². The molecule has 0 aliphatic rings. The minimum Gasteiger partial charge on any atom is -0.494 e. The van der Waals surface area contributed by atoms with Crippen LogP contribution in [-0.2, 0) is 6.54 Å². The summed E-state index contributed by atoms with van der Waals surface area (Å²) in [7, 11) is 0. The van der Waals surface area contributed by atoms with Gasteiger partial charge in [-0.2, -0.15) is 4.98 Å². The Balaban J connectivity index is 2.02. The van der Waals surface area contributed by atoms with Gasteiger partial charge < -0.3 is 15.2 Å². The Bertz CT molecular complexity index is 514. The zero-order valence-electron chi connectivity index (χ0n) is 10.9. The van der Waals surface area contributed by atoms with Crippen LogP contribution in [0.5, 0.6) is 17.5 Å². The van der Waals surface area contributed by atoms with E-state index in [1.807, 2.05) is 24.3 Å². The topological polar surface area (TPSA) is 70.3 Å². The van der Waals surface area contributed by atoms with E-state index in [-0.39, 0.29) is 0 Å². The molecule has 0 aliphatic heterocycles. The molecule has 1 aromatic carbocycles. The van der Waals surface area contributed by atoms with Crippen molar-refractivity contribution in [1.29, 1.82) is 0 Å². The number of nitrogens with zero attached hydrogens (tertiary/aromatic N) is 2. The van der Waals surface area contributed by atoms with Crippen LogP contribution in [0.2, 0.25) is 0 Å². The lowest BCUT2D eigenvalue weighted by atomic mass is 10.3. The molecule has 19 heavy (non-hydrogen) atoms. The first kappa shape index (κ1) is 13.3. The molecule has 0 spiro atoms. The van der Waals surface area contributed by atoms with Gasteiger partial charge >= 0.3 is 6.01 Å². The van der Waals surface area contributed by atoms with Crippen LogP contribution >= 0.6 is 0 Å². The van der Waals surface area contributed by atoms with Gasteiger partial charge in [0.15, 0.2) is 0 Å². The van der Waals surface area contributed by atoms with E-state index in [4.69, 9.17) is 15.2 Å². The fraction of sp³-hybridized carbons (Fsp3) is 0.286. The lowest BCUT2D eigenvalue weighted by molar-refractivity contribution is 0.317. The molecule has 5 nitrogen and oxygen atoms in total. The van der Waals surface area contributed by atoms with Gasteiger partial charge in [-0.3, -0.25) is 0 Å². The van der Waals surface area contributed by atoms with Crippen molar-refractivity contribution in [2.45, 2.75) is 19.9 Å². The second kappa shape index (κ2) is 6.70. The van der Waals surface area contributed by atoms with Crippen LogP contribution in [-0.4, -0.2) is 16.6 Å². The molecule has 0 unspecified atom stereocenters. The van der Waals surface area contributed by atoms with E-state index in [9.17, 15) is 0 Å². The van der Waals surface area contributed by atoms with Crippen molar-refractivity contribution in [3.05, 3.63) is 42.2 Å². The normalized spacial score (nSPS) is 10.2. The number of hydrogen-bond donors (Lipinski definition) is 1. The third-order valence-electron chi connectivity index (χ3n) is 2.41. The van der Waals surface area contributed by atoms with Gasteiger partial charge in [-0.05, 0) is 36.8 Å². The zero-order chi connectivity index (χ0) is 13.5. The minimum atomic E-state index is 0.296. The number of nitrogens with two attached hydrogens (primary N) is 1. The standard InChI is InChI=1S/C14H17N3O2/c1-2-9-18-12-3-5-13(6-4-12)19-14-16-8-7-11(10-15)17-14/h3-8H,2,9-10,15H2,1H3. The second-order valence-electron chi connectivity index (χ2n) is 3.96. The fourth-order valence-electron chi connectivity index (χ4n) is 1.47. The van der Waals surface area contributed by atoms with Gasteiger partial charge in [0.1, 0.15) is 11.5 Å². The van der Waals surface area contributed by atoms with Gasteiger partial charge in [-0.25, -0.2) is 4.98 Å². The van der Waals surface area contributed by atoms with Crippen molar-refractivity contribution in [1.82, 2.24) is 9.97 Å². The smallest absolute Gasteiger partial charge is 0.322 e. The van der Waals surface area contributed by atoms with E-state index in [1.54, 1.807) is 12.3 Å². The predicted octanol–water partition coefficient (Wildman–Crippen LogP) is 2.52. The molecule has 0 bridgehead atoms. The second-order valence-corrected chi connectivity index (χ2v) is 3.96. The molecule has 1 heterocycles. The third-order valence-corrected chi connectivity index (χ3v) is 2.41. The molecule has 0 saturated carbocycles. The van der Waals surface area contributed by atoms with Gasteiger partial charge in [0.05, 0.1) is 12.3 Å². The van der Waals surface area contributed by atoms with Crippen molar-refractivity contribution in [2.24, 2.45) is 5.73 Å². The molecular weight excluding hydrogens is 242 g/mol. The minimum absolute atomic E-state index is 0.296. The Morgan fingerprint density at radius 1 is 1.11 bits per heavy atom. The maximum absolute atomic E-state index is 5.55. The quantitative estimate of drug-likeness (QED) is 0.863. The predicted molar refractivity (Wildman–Crippen MR) is 72.2 cm³/mol. The number of benzene rings is 1. The van der Waals surface area contributed by atoms with Gasteiger partial charge in [-0.15, -0.1) is 0 Å². The first-order valence-corrected chi connectivity index (χ1v) is 6.24. The lowest BCUT2D eigenvalue weighted by Gasteiger charge is -2.07. The first-order chi connectivity index (χ1) is 9.31. The van der Waals surface area contributed by atoms with Crippen LogP contribution in [0.3, 0.4) is 0 Å². The molecule has 2 aromatic rings. The number of ether oxygens (including phenoxy) is 2. The van der Waals surface area contributed by atoms with Crippen LogP contribution in [0.1, 0.15) is 19.0 Å². The average molecular weight is 259 g/mol. The fourth-order valence-corrected chi connectivity index (χ4v) is 1.47. The summed E-state index contributed by atoms with van der Waals surface area (Å²) in [6.07, 6.45) is 2.61. The molecule has 100 valence electrons. The van der Waals surface area contributed by atoms with Gasteiger partial charge in [0, 0.05) is 12.7 Å². The molecule has 1 aromatic heterocycles. The Morgan fingerprint density at radius 2 is 1.84 bits per heavy atom. The summed E-state index contributed by atoms with van der Waals surface area (Å²) < 4.78 is 11.0. The summed E-state index contributed by atoms with van der Waals surface area (Å²) in [6, 6.07) is 9.42. The van der Waals surface area contributed by atoms with E-state index in [0.29, 0.717) is 24.9 Å². The van der Waals surface area contributed by atoms with Crippen LogP contribution < -0.4 is 15.2 Å². The Hall–Kier alpha value is -2.14. The van der Waals surface area contributed by atoms with Crippen molar-refractivity contribution in [3.63, 3.8) is 0 Å². The maximum atomic E-state index is 5.55. The zero-order valence-corrected chi connectivity index (χ0v) is 10.9. The number of rotatable bonds is 6. The van der Waals surface area contributed by atoms with Crippen LogP contribution in [0.4, 0.5) is 0 Å². The van der Waals surface area contributed by atoms with Crippen molar-refractivity contribution < 1.29 is 9.47 Å². The summed E-state index contributed by atoms with van der Waals surface area (Å²) in [5, 5.41) is 0. The highest BCUT2D eigenvalue weighted by atomic mass is 16.5. The molecule has 0 radical (unpaired) electrons. The molecule has 0 fully saturated rings. The van der Waals surface area contributed by atoms with Crippen molar-refractivity contribution in [2.75, 3.05) is 6.61 Å².